The third-order valence-electron chi connectivity index (χ3n) is 4.44. The molecule has 0 unspecified atom stereocenters. The molecule has 0 spiro atoms. The minimum atomic E-state index is -0.296. The maximum absolute atomic E-state index is 12.7. The summed E-state index contributed by atoms with van der Waals surface area (Å²) in [7, 11) is 1.58. The highest BCUT2D eigenvalue weighted by molar-refractivity contribution is 6.31. The van der Waals surface area contributed by atoms with Crippen LogP contribution in [0, 0.1) is 0 Å². The molecule has 3 aromatic rings. The van der Waals surface area contributed by atoms with Gasteiger partial charge in [0.25, 0.3) is 5.91 Å². The molecule has 0 atom stereocenters. The van der Waals surface area contributed by atoms with Crippen molar-refractivity contribution in [2.24, 2.45) is 0 Å². The second kappa shape index (κ2) is 11.5. The molecular weight excluding hydrogens is 437 g/mol. The number of amides is 1. The van der Waals surface area contributed by atoms with Crippen LogP contribution in [-0.2, 0) is 13.2 Å². The molecule has 0 aliphatic carbocycles. The van der Waals surface area contributed by atoms with Crippen molar-refractivity contribution in [3.8, 4) is 17.2 Å². The monoisotopic (exact) mass is 459 g/mol. The molecule has 3 rings (SSSR count). The first-order chi connectivity index (χ1) is 15.1. The van der Waals surface area contributed by atoms with Gasteiger partial charge in [-0.3, -0.25) is 4.79 Å². The molecule has 162 valence electrons. The van der Waals surface area contributed by atoms with E-state index in [-0.39, 0.29) is 5.91 Å². The molecule has 3 aromatic carbocycles. The number of carbonyl (C=O) groups excluding carboxylic acids is 1. The zero-order valence-corrected chi connectivity index (χ0v) is 18.6. The summed E-state index contributed by atoms with van der Waals surface area (Å²) in [6.07, 6.45) is 0. The summed E-state index contributed by atoms with van der Waals surface area (Å²) in [4.78, 5) is 12.7. The highest BCUT2D eigenvalue weighted by atomic mass is 35.5. The second-order valence-electron chi connectivity index (χ2n) is 6.62. The van der Waals surface area contributed by atoms with Crippen LogP contribution in [0.1, 0.15) is 21.5 Å². The number of methoxy groups -OCH3 is 1. The van der Waals surface area contributed by atoms with Crippen LogP contribution in [0.25, 0.3) is 0 Å². The third-order valence-corrected chi connectivity index (χ3v) is 4.83. The molecule has 0 radical (unpaired) electrons. The minimum absolute atomic E-state index is 0.296. The van der Waals surface area contributed by atoms with Gasteiger partial charge >= 0.3 is 0 Å². The number of benzene rings is 3. The maximum atomic E-state index is 12.7. The average molecular weight is 460 g/mol. The Morgan fingerprint density at radius 3 is 2.42 bits per heavy atom. The fourth-order valence-corrected chi connectivity index (χ4v) is 3.16. The summed E-state index contributed by atoms with van der Waals surface area (Å²) < 4.78 is 16.9. The zero-order valence-electron chi connectivity index (χ0n) is 17.1. The first-order valence-corrected chi connectivity index (χ1v) is 10.6. The van der Waals surface area contributed by atoms with Gasteiger partial charge in [-0.15, -0.1) is 11.6 Å². The summed E-state index contributed by atoms with van der Waals surface area (Å²) in [6, 6.07) is 20.3. The largest absolute Gasteiger partial charge is 0.493 e. The van der Waals surface area contributed by atoms with Gasteiger partial charge < -0.3 is 19.5 Å². The Kier molecular flexibility index (Phi) is 8.44. The van der Waals surface area contributed by atoms with E-state index in [2.05, 4.69) is 5.32 Å². The van der Waals surface area contributed by atoms with Gasteiger partial charge in [0, 0.05) is 11.6 Å². The Balaban J connectivity index is 1.65. The number of hydrogen-bond donors (Lipinski definition) is 1. The smallest absolute Gasteiger partial charge is 0.255 e. The Morgan fingerprint density at radius 2 is 1.68 bits per heavy atom. The highest BCUT2D eigenvalue weighted by Crippen LogP contribution is 2.29. The van der Waals surface area contributed by atoms with Crippen molar-refractivity contribution in [1.82, 2.24) is 5.32 Å². The quantitative estimate of drug-likeness (QED) is 0.408. The first-order valence-electron chi connectivity index (χ1n) is 9.71. The van der Waals surface area contributed by atoms with E-state index in [9.17, 15) is 4.79 Å². The van der Waals surface area contributed by atoms with Crippen molar-refractivity contribution in [3.63, 3.8) is 0 Å². The maximum Gasteiger partial charge on any atom is 0.255 e. The van der Waals surface area contributed by atoms with Gasteiger partial charge in [-0.25, -0.2) is 0 Å². The fourth-order valence-electron chi connectivity index (χ4n) is 2.91. The topological polar surface area (TPSA) is 56.8 Å². The SMILES string of the molecule is COc1cc(CNC(=O)c2cc(Cl)ccc2OCCCl)ccc1OCc1ccccc1. The zero-order chi connectivity index (χ0) is 22.1. The van der Waals surface area contributed by atoms with Crippen LogP contribution in [0.2, 0.25) is 5.02 Å². The van der Waals surface area contributed by atoms with Crippen molar-refractivity contribution in [3.05, 3.63) is 88.4 Å². The van der Waals surface area contributed by atoms with Crippen LogP contribution in [0.15, 0.2) is 66.7 Å². The third kappa shape index (κ3) is 6.54. The number of rotatable bonds is 10. The van der Waals surface area contributed by atoms with Crippen molar-refractivity contribution < 1.29 is 19.0 Å². The number of alkyl halides is 1. The van der Waals surface area contributed by atoms with E-state index in [1.807, 2.05) is 48.5 Å². The van der Waals surface area contributed by atoms with Gasteiger partial charge in [0.15, 0.2) is 11.5 Å². The lowest BCUT2D eigenvalue weighted by atomic mass is 10.1. The number of nitrogens with one attached hydrogen (secondary N) is 1. The molecule has 0 aliphatic heterocycles. The van der Waals surface area contributed by atoms with Crippen LogP contribution in [0.5, 0.6) is 17.2 Å². The first kappa shape index (κ1) is 22.8. The molecule has 1 amide bonds. The van der Waals surface area contributed by atoms with Crippen LogP contribution >= 0.6 is 23.2 Å². The minimum Gasteiger partial charge on any atom is -0.493 e. The highest BCUT2D eigenvalue weighted by Gasteiger charge is 2.14. The standard InChI is InChI=1S/C24H23Cl2NO4/c1-29-23-13-18(7-9-22(23)31-16-17-5-3-2-4-6-17)15-27-24(28)20-14-19(26)8-10-21(20)30-12-11-25/h2-10,13-14H,11-12,15-16H2,1H3,(H,27,28). The Hall–Kier alpha value is -2.89. The van der Waals surface area contributed by atoms with Gasteiger partial charge in [0.05, 0.1) is 18.6 Å². The van der Waals surface area contributed by atoms with Crippen molar-refractivity contribution in [2.45, 2.75) is 13.2 Å². The lowest BCUT2D eigenvalue weighted by Gasteiger charge is -2.14. The molecule has 0 saturated heterocycles. The predicted molar refractivity (Wildman–Crippen MR) is 123 cm³/mol. The van der Waals surface area contributed by atoms with Crippen molar-refractivity contribution >= 4 is 29.1 Å². The summed E-state index contributed by atoms with van der Waals surface area (Å²) in [6.45, 7) is 1.04. The molecule has 0 aliphatic rings. The normalized spacial score (nSPS) is 10.4. The summed E-state index contributed by atoms with van der Waals surface area (Å²) in [5, 5.41) is 3.33. The number of halogens is 2. The molecular formula is C24H23Cl2NO4. The van der Waals surface area contributed by atoms with E-state index in [1.165, 1.54) is 0 Å². The number of ether oxygens (including phenoxy) is 3. The molecule has 7 heteroatoms. The molecule has 5 nitrogen and oxygen atoms in total. The van der Waals surface area contributed by atoms with E-state index >= 15 is 0 Å². The number of carbonyl (C=O) groups is 1. The van der Waals surface area contributed by atoms with Crippen LogP contribution in [-0.4, -0.2) is 25.5 Å². The van der Waals surface area contributed by atoms with Crippen molar-refractivity contribution in [1.29, 1.82) is 0 Å². The predicted octanol–water partition coefficient (Wildman–Crippen LogP) is 5.48. The summed E-state index contributed by atoms with van der Waals surface area (Å²) >= 11 is 11.7. The lowest BCUT2D eigenvalue weighted by molar-refractivity contribution is 0.0947. The van der Waals surface area contributed by atoms with E-state index in [0.717, 1.165) is 11.1 Å². The van der Waals surface area contributed by atoms with Crippen molar-refractivity contribution in [2.75, 3.05) is 19.6 Å². The summed E-state index contributed by atoms with van der Waals surface area (Å²) in [5.41, 5.74) is 2.28. The Morgan fingerprint density at radius 1 is 0.903 bits per heavy atom. The van der Waals surface area contributed by atoms with Crippen LogP contribution in [0.4, 0.5) is 0 Å². The Labute approximate surface area is 191 Å². The molecule has 1 N–H and O–H groups in total. The second-order valence-corrected chi connectivity index (χ2v) is 7.43. The fraction of sp³-hybridized carbons (Fsp3) is 0.208. The molecule has 0 bridgehead atoms. The molecule has 0 heterocycles. The van der Waals surface area contributed by atoms with E-state index in [4.69, 9.17) is 37.4 Å². The van der Waals surface area contributed by atoms with Gasteiger partial charge in [0.2, 0.25) is 0 Å². The molecule has 0 aromatic heterocycles. The van der Waals surface area contributed by atoms with E-state index in [0.29, 0.717) is 53.5 Å². The van der Waals surface area contributed by atoms with Crippen LogP contribution < -0.4 is 19.5 Å². The molecule has 31 heavy (non-hydrogen) atoms. The number of hydrogen-bond acceptors (Lipinski definition) is 4. The van der Waals surface area contributed by atoms with Gasteiger partial charge in [0.1, 0.15) is 19.0 Å². The van der Waals surface area contributed by atoms with Crippen LogP contribution in [0.3, 0.4) is 0 Å². The van der Waals surface area contributed by atoms with E-state index in [1.54, 1.807) is 25.3 Å². The van der Waals surface area contributed by atoms with Gasteiger partial charge in [-0.1, -0.05) is 48.0 Å². The van der Waals surface area contributed by atoms with Gasteiger partial charge in [-0.2, -0.15) is 0 Å². The molecule has 0 saturated carbocycles. The Bertz CT molecular complexity index is 1010. The van der Waals surface area contributed by atoms with Gasteiger partial charge in [-0.05, 0) is 41.5 Å². The lowest BCUT2D eigenvalue weighted by Crippen LogP contribution is -2.23. The summed E-state index contributed by atoms with van der Waals surface area (Å²) in [5.74, 6) is 1.69. The molecule has 0 fully saturated rings. The average Bonchev–Trinajstić information content (AvgIpc) is 2.81. The van der Waals surface area contributed by atoms with E-state index < -0.39 is 0 Å².